The molecule has 0 fully saturated rings. The molecule has 0 N–H and O–H groups in total. The van der Waals surface area contributed by atoms with Gasteiger partial charge in [-0.2, -0.15) is 0 Å². The summed E-state index contributed by atoms with van der Waals surface area (Å²) in [5.74, 6) is 1.41. The van der Waals surface area contributed by atoms with Crippen LogP contribution in [0.5, 0.6) is 5.75 Å². The van der Waals surface area contributed by atoms with Gasteiger partial charge in [0.1, 0.15) is 5.75 Å². The second-order valence-electron chi connectivity index (χ2n) is 5.86. The van der Waals surface area contributed by atoms with E-state index >= 15 is 0 Å². The van der Waals surface area contributed by atoms with Crippen molar-refractivity contribution in [1.29, 1.82) is 0 Å². The highest BCUT2D eigenvalue weighted by Gasteiger charge is 2.23. The molecule has 2 unspecified atom stereocenters. The normalized spacial score (nSPS) is 15.3. The molecular weight excluding hydrogens is 312 g/mol. The molecule has 0 radical (unpaired) electrons. The Balaban J connectivity index is 2.79. The molecule has 0 amide bonds. The van der Waals surface area contributed by atoms with Crippen LogP contribution in [-0.4, -0.2) is 7.11 Å². The van der Waals surface area contributed by atoms with Crippen LogP contribution in [0.25, 0.3) is 0 Å². The van der Waals surface area contributed by atoms with Gasteiger partial charge in [-0.3, -0.25) is 0 Å². The van der Waals surface area contributed by atoms with Crippen molar-refractivity contribution in [3.05, 3.63) is 28.2 Å². The number of hydrogen-bond donors (Lipinski definition) is 0. The molecule has 1 aromatic rings. The van der Waals surface area contributed by atoms with Crippen LogP contribution in [-0.2, 0) is 0 Å². The summed E-state index contributed by atoms with van der Waals surface area (Å²) in [4.78, 5) is 0. The zero-order valence-corrected chi connectivity index (χ0v) is 14.1. The van der Waals surface area contributed by atoms with E-state index in [-0.39, 0.29) is 10.8 Å². The van der Waals surface area contributed by atoms with Crippen LogP contribution in [0.3, 0.4) is 0 Å². The van der Waals surface area contributed by atoms with Gasteiger partial charge in [-0.1, -0.05) is 33.8 Å². The van der Waals surface area contributed by atoms with E-state index in [0.717, 1.165) is 22.2 Å². The number of halogens is 2. The minimum absolute atomic E-state index is 0.0430. The Bertz CT molecular complexity index is 398. The molecule has 0 heterocycles. The van der Waals surface area contributed by atoms with Gasteiger partial charge in [-0.05, 0) is 51.4 Å². The summed E-state index contributed by atoms with van der Waals surface area (Å²) in [5.41, 5.74) is 1.43. The Kier molecular flexibility index (Phi) is 5.54. The van der Waals surface area contributed by atoms with Crippen LogP contribution in [0.1, 0.15) is 45.1 Å². The maximum absolute atomic E-state index is 6.51. The first kappa shape index (κ1) is 15.8. The molecule has 1 rings (SSSR count). The summed E-state index contributed by atoms with van der Waals surface area (Å²) in [5, 5.41) is 0.0430. The molecule has 0 spiro atoms. The smallest absolute Gasteiger partial charge is 0.133 e. The van der Waals surface area contributed by atoms with Crippen molar-refractivity contribution in [3.63, 3.8) is 0 Å². The molecule has 0 aromatic heterocycles. The van der Waals surface area contributed by atoms with E-state index in [2.05, 4.69) is 43.6 Å². The van der Waals surface area contributed by atoms with Crippen molar-refractivity contribution in [2.75, 3.05) is 7.11 Å². The van der Waals surface area contributed by atoms with E-state index in [4.69, 9.17) is 16.3 Å². The van der Waals surface area contributed by atoms with E-state index in [9.17, 15) is 0 Å². The van der Waals surface area contributed by atoms with E-state index in [1.54, 1.807) is 7.11 Å². The van der Waals surface area contributed by atoms with Crippen LogP contribution in [0.4, 0.5) is 0 Å². The van der Waals surface area contributed by atoms with Gasteiger partial charge in [0.2, 0.25) is 0 Å². The van der Waals surface area contributed by atoms with E-state index in [1.165, 1.54) is 0 Å². The zero-order valence-electron chi connectivity index (χ0n) is 11.8. The van der Waals surface area contributed by atoms with E-state index in [1.807, 2.05) is 18.2 Å². The van der Waals surface area contributed by atoms with Crippen molar-refractivity contribution in [3.8, 4) is 5.75 Å². The summed E-state index contributed by atoms with van der Waals surface area (Å²) in [6.45, 7) is 9.02. The van der Waals surface area contributed by atoms with E-state index in [0.29, 0.717) is 5.92 Å². The highest BCUT2D eigenvalue weighted by atomic mass is 79.9. The molecule has 18 heavy (non-hydrogen) atoms. The SMILES string of the molecule is COc1ccc(C(Cl)CC(C)C(C)(C)C)cc1Br. The highest BCUT2D eigenvalue weighted by molar-refractivity contribution is 9.10. The summed E-state index contributed by atoms with van der Waals surface area (Å²) in [7, 11) is 1.67. The topological polar surface area (TPSA) is 9.23 Å². The molecule has 3 heteroatoms. The predicted octanol–water partition coefficient (Wildman–Crippen LogP) is 5.81. The third kappa shape index (κ3) is 4.17. The molecule has 0 aliphatic rings. The van der Waals surface area contributed by atoms with Crippen LogP contribution < -0.4 is 4.74 Å². The number of hydrogen-bond acceptors (Lipinski definition) is 1. The Morgan fingerprint density at radius 3 is 2.39 bits per heavy atom. The first-order valence-electron chi connectivity index (χ1n) is 6.23. The van der Waals surface area contributed by atoms with Gasteiger partial charge in [0.15, 0.2) is 0 Å². The lowest BCUT2D eigenvalue weighted by Crippen LogP contribution is -2.18. The summed E-state index contributed by atoms with van der Waals surface area (Å²) in [6.07, 6.45) is 0.976. The maximum atomic E-state index is 6.51. The number of methoxy groups -OCH3 is 1. The Hall–Kier alpha value is -0.210. The van der Waals surface area contributed by atoms with Crippen LogP contribution in [0.15, 0.2) is 22.7 Å². The number of alkyl halides is 1. The van der Waals surface area contributed by atoms with Gasteiger partial charge in [0.05, 0.1) is 17.0 Å². The van der Waals surface area contributed by atoms with E-state index < -0.39 is 0 Å². The second-order valence-corrected chi connectivity index (χ2v) is 7.25. The molecule has 0 bridgehead atoms. The minimum atomic E-state index is 0.0430. The summed E-state index contributed by atoms with van der Waals surface area (Å²) >= 11 is 10.0. The quantitative estimate of drug-likeness (QED) is 0.632. The lowest BCUT2D eigenvalue weighted by molar-refractivity contribution is 0.245. The third-order valence-corrected chi connectivity index (χ3v) is 4.63. The fraction of sp³-hybridized carbons (Fsp3) is 0.600. The first-order chi connectivity index (χ1) is 8.25. The molecule has 2 atom stereocenters. The van der Waals surface area contributed by atoms with Gasteiger partial charge < -0.3 is 4.74 Å². The second kappa shape index (κ2) is 6.29. The monoisotopic (exact) mass is 332 g/mol. The number of benzene rings is 1. The molecule has 102 valence electrons. The summed E-state index contributed by atoms with van der Waals surface area (Å²) < 4.78 is 6.18. The summed E-state index contributed by atoms with van der Waals surface area (Å²) in [6, 6.07) is 6.04. The zero-order chi connectivity index (χ0) is 13.9. The molecule has 0 saturated carbocycles. The standard InChI is InChI=1S/C15H22BrClO/c1-10(15(2,3)4)8-13(17)11-6-7-14(18-5)12(16)9-11/h6-7,9-10,13H,8H2,1-5H3. The van der Waals surface area contributed by atoms with Crippen LogP contribution in [0, 0.1) is 11.3 Å². The largest absolute Gasteiger partial charge is 0.496 e. The lowest BCUT2D eigenvalue weighted by atomic mass is 9.79. The average molecular weight is 334 g/mol. The molecule has 1 nitrogen and oxygen atoms in total. The van der Waals surface area contributed by atoms with Gasteiger partial charge in [0, 0.05) is 0 Å². The minimum Gasteiger partial charge on any atom is -0.496 e. The number of ether oxygens (including phenoxy) is 1. The van der Waals surface area contributed by atoms with Crippen LogP contribution >= 0.6 is 27.5 Å². The first-order valence-corrected chi connectivity index (χ1v) is 7.46. The highest BCUT2D eigenvalue weighted by Crippen LogP contribution is 2.38. The van der Waals surface area contributed by atoms with Crippen molar-refractivity contribution in [2.24, 2.45) is 11.3 Å². The lowest BCUT2D eigenvalue weighted by Gasteiger charge is -2.29. The van der Waals surface area contributed by atoms with Crippen LogP contribution in [0.2, 0.25) is 0 Å². The molecule has 0 aliphatic carbocycles. The average Bonchev–Trinajstić information content (AvgIpc) is 2.27. The van der Waals surface area contributed by atoms with Gasteiger partial charge in [-0.15, -0.1) is 11.6 Å². The maximum Gasteiger partial charge on any atom is 0.133 e. The van der Waals surface area contributed by atoms with Gasteiger partial charge in [0.25, 0.3) is 0 Å². The third-order valence-electron chi connectivity index (χ3n) is 3.58. The van der Waals surface area contributed by atoms with Crippen molar-refractivity contribution >= 4 is 27.5 Å². The van der Waals surface area contributed by atoms with Crippen molar-refractivity contribution in [2.45, 2.75) is 39.5 Å². The fourth-order valence-corrected chi connectivity index (χ4v) is 2.64. The van der Waals surface area contributed by atoms with Gasteiger partial charge in [-0.25, -0.2) is 0 Å². The molecule has 1 aromatic carbocycles. The molecular formula is C15H22BrClO. The Morgan fingerprint density at radius 2 is 1.94 bits per heavy atom. The van der Waals surface area contributed by atoms with Gasteiger partial charge >= 0.3 is 0 Å². The van der Waals surface area contributed by atoms with Crippen molar-refractivity contribution < 1.29 is 4.74 Å². The Morgan fingerprint density at radius 1 is 1.33 bits per heavy atom. The Labute approximate surface area is 124 Å². The predicted molar refractivity (Wildman–Crippen MR) is 82.5 cm³/mol. The molecule has 0 aliphatic heterocycles. The fourth-order valence-electron chi connectivity index (χ4n) is 1.68. The number of rotatable bonds is 4. The van der Waals surface area contributed by atoms with Crippen molar-refractivity contribution in [1.82, 2.24) is 0 Å². The molecule has 0 saturated heterocycles.